The summed E-state index contributed by atoms with van der Waals surface area (Å²) in [6.07, 6.45) is 6.32. The van der Waals surface area contributed by atoms with Gasteiger partial charge in [-0.1, -0.05) is 0 Å². The van der Waals surface area contributed by atoms with Gasteiger partial charge in [-0.25, -0.2) is 8.78 Å². The molecule has 1 aromatic carbocycles. The SMILES string of the molecule is COc1cc(OC)c(F)c(N2Cc3cnc(-c4cncc(CC(C)=O)c4)cc3C3(CC3)C2=O)c1F. The van der Waals surface area contributed by atoms with Crippen molar-refractivity contribution in [2.24, 2.45) is 0 Å². The van der Waals surface area contributed by atoms with Crippen LogP contribution in [0.4, 0.5) is 14.5 Å². The van der Waals surface area contributed by atoms with E-state index in [9.17, 15) is 9.59 Å². The van der Waals surface area contributed by atoms with Crippen LogP contribution in [0.15, 0.2) is 36.8 Å². The van der Waals surface area contributed by atoms with Gasteiger partial charge in [0, 0.05) is 36.6 Å². The number of fused-ring (bicyclic) bond motifs is 2. The van der Waals surface area contributed by atoms with Crippen LogP contribution in [0.25, 0.3) is 11.3 Å². The van der Waals surface area contributed by atoms with Gasteiger partial charge in [0.1, 0.15) is 11.5 Å². The van der Waals surface area contributed by atoms with E-state index in [2.05, 4.69) is 9.97 Å². The summed E-state index contributed by atoms with van der Waals surface area (Å²) >= 11 is 0. The number of Topliss-reactive ketones (excluding diaryl/α,β-unsaturated/α-hetero) is 1. The lowest BCUT2D eigenvalue weighted by Gasteiger charge is -2.35. The Kier molecular flexibility index (Phi) is 5.50. The van der Waals surface area contributed by atoms with Gasteiger partial charge in [0.15, 0.2) is 23.1 Å². The van der Waals surface area contributed by atoms with Crippen LogP contribution in [0.3, 0.4) is 0 Å². The van der Waals surface area contributed by atoms with E-state index < -0.39 is 22.7 Å². The molecule has 0 radical (unpaired) electrons. The van der Waals surface area contributed by atoms with Crippen molar-refractivity contribution in [2.75, 3.05) is 19.1 Å². The minimum absolute atomic E-state index is 0.0265. The Morgan fingerprint density at radius 1 is 1.06 bits per heavy atom. The number of hydrogen-bond donors (Lipinski definition) is 0. The number of amides is 1. The third-order valence-corrected chi connectivity index (χ3v) is 6.60. The first-order valence-electron chi connectivity index (χ1n) is 11.1. The highest BCUT2D eigenvalue weighted by molar-refractivity contribution is 6.05. The fourth-order valence-electron chi connectivity index (χ4n) is 4.74. The second-order valence-electron chi connectivity index (χ2n) is 8.92. The Morgan fingerprint density at radius 3 is 2.34 bits per heavy atom. The van der Waals surface area contributed by atoms with Crippen LogP contribution in [0.5, 0.6) is 11.5 Å². The predicted octanol–water partition coefficient (Wildman–Crippen LogP) is 4.15. The average Bonchev–Trinajstić information content (AvgIpc) is 3.64. The number of ketones is 1. The maximum Gasteiger partial charge on any atom is 0.238 e. The van der Waals surface area contributed by atoms with Gasteiger partial charge in [0.2, 0.25) is 5.91 Å². The van der Waals surface area contributed by atoms with E-state index in [0.717, 1.165) is 27.7 Å². The molecule has 2 aliphatic rings. The largest absolute Gasteiger partial charge is 0.493 e. The predicted molar refractivity (Wildman–Crippen MR) is 123 cm³/mol. The number of nitrogens with zero attached hydrogens (tertiary/aromatic N) is 3. The van der Waals surface area contributed by atoms with Gasteiger partial charge >= 0.3 is 0 Å². The Bertz CT molecular complexity index is 1340. The van der Waals surface area contributed by atoms with Crippen molar-refractivity contribution in [3.63, 3.8) is 0 Å². The van der Waals surface area contributed by atoms with Crippen LogP contribution in [-0.4, -0.2) is 35.9 Å². The van der Waals surface area contributed by atoms with E-state index in [-0.39, 0.29) is 36.2 Å². The van der Waals surface area contributed by atoms with Crippen LogP contribution >= 0.6 is 0 Å². The highest BCUT2D eigenvalue weighted by Crippen LogP contribution is 2.55. The van der Waals surface area contributed by atoms with Crippen molar-refractivity contribution >= 4 is 17.4 Å². The Hall–Kier alpha value is -3.88. The Balaban J connectivity index is 1.58. The molecule has 0 bridgehead atoms. The van der Waals surface area contributed by atoms with Crippen molar-refractivity contribution in [1.82, 2.24) is 9.97 Å². The summed E-state index contributed by atoms with van der Waals surface area (Å²) in [5.41, 5.74) is 2.27. The topological polar surface area (TPSA) is 81.6 Å². The molecule has 35 heavy (non-hydrogen) atoms. The maximum atomic E-state index is 15.2. The van der Waals surface area contributed by atoms with Crippen molar-refractivity contribution in [3.05, 3.63) is 65.1 Å². The van der Waals surface area contributed by atoms with E-state index in [1.807, 2.05) is 12.1 Å². The van der Waals surface area contributed by atoms with E-state index >= 15 is 8.78 Å². The number of pyridine rings is 2. The summed E-state index contributed by atoms with van der Waals surface area (Å²) in [6, 6.07) is 4.82. The molecular formula is C26H23F2N3O4. The van der Waals surface area contributed by atoms with Gasteiger partial charge in [0.25, 0.3) is 0 Å². The molecule has 7 nitrogen and oxygen atoms in total. The minimum atomic E-state index is -0.962. The number of anilines is 1. The minimum Gasteiger partial charge on any atom is -0.493 e. The summed E-state index contributed by atoms with van der Waals surface area (Å²) in [5.74, 6) is -2.70. The molecule has 0 unspecified atom stereocenters. The summed E-state index contributed by atoms with van der Waals surface area (Å²) < 4.78 is 40.5. The van der Waals surface area contributed by atoms with Crippen LogP contribution < -0.4 is 14.4 Å². The number of rotatable bonds is 6. The number of halogens is 2. The van der Waals surface area contributed by atoms with Crippen molar-refractivity contribution in [1.29, 1.82) is 0 Å². The fraction of sp³-hybridized carbons (Fsp3) is 0.308. The summed E-state index contributed by atoms with van der Waals surface area (Å²) in [7, 11) is 2.53. The van der Waals surface area contributed by atoms with Crippen LogP contribution in [-0.2, 0) is 28.0 Å². The average molecular weight is 479 g/mol. The van der Waals surface area contributed by atoms with Gasteiger partial charge in [-0.15, -0.1) is 0 Å². The van der Waals surface area contributed by atoms with Crippen LogP contribution in [0, 0.1) is 11.6 Å². The zero-order chi connectivity index (χ0) is 24.9. The Morgan fingerprint density at radius 2 is 1.74 bits per heavy atom. The molecule has 1 aliphatic heterocycles. The maximum absolute atomic E-state index is 15.2. The molecule has 9 heteroatoms. The monoisotopic (exact) mass is 479 g/mol. The molecule has 1 aliphatic carbocycles. The second-order valence-corrected chi connectivity index (χ2v) is 8.92. The lowest BCUT2D eigenvalue weighted by molar-refractivity contribution is -0.121. The zero-order valence-electron chi connectivity index (χ0n) is 19.5. The number of carbonyl (C=O) groups excluding carboxylic acids is 2. The smallest absolute Gasteiger partial charge is 0.238 e. The third kappa shape index (κ3) is 3.71. The first-order valence-corrected chi connectivity index (χ1v) is 11.1. The zero-order valence-corrected chi connectivity index (χ0v) is 19.5. The molecule has 180 valence electrons. The Labute approximate surface area is 200 Å². The molecular weight excluding hydrogens is 456 g/mol. The summed E-state index contributed by atoms with van der Waals surface area (Å²) in [5, 5.41) is 0. The molecule has 1 fully saturated rings. The number of carbonyl (C=O) groups is 2. The van der Waals surface area contributed by atoms with Gasteiger partial charge in [-0.05, 0) is 48.6 Å². The normalized spacial score (nSPS) is 15.7. The highest BCUT2D eigenvalue weighted by Gasteiger charge is 2.57. The van der Waals surface area contributed by atoms with Gasteiger partial charge in [-0.3, -0.25) is 19.6 Å². The summed E-state index contributed by atoms with van der Waals surface area (Å²) in [4.78, 5) is 35.0. The highest BCUT2D eigenvalue weighted by atomic mass is 19.1. The van der Waals surface area contributed by atoms with E-state index in [4.69, 9.17) is 9.47 Å². The van der Waals surface area contributed by atoms with Crippen LogP contribution in [0.1, 0.15) is 36.5 Å². The van der Waals surface area contributed by atoms with Gasteiger partial charge in [-0.2, -0.15) is 0 Å². The number of methoxy groups -OCH3 is 2. The fourth-order valence-corrected chi connectivity index (χ4v) is 4.74. The lowest BCUT2D eigenvalue weighted by atomic mass is 9.85. The quantitative estimate of drug-likeness (QED) is 0.529. The molecule has 3 aromatic rings. The molecule has 1 amide bonds. The molecule has 0 N–H and O–H groups in total. The molecule has 0 atom stereocenters. The number of ether oxygens (including phenoxy) is 2. The number of aromatic nitrogens is 2. The van der Waals surface area contributed by atoms with Crippen molar-refractivity contribution < 1.29 is 27.8 Å². The number of hydrogen-bond acceptors (Lipinski definition) is 6. The first kappa shape index (κ1) is 22.9. The molecule has 1 saturated carbocycles. The van der Waals surface area contributed by atoms with Crippen molar-refractivity contribution in [3.8, 4) is 22.8 Å². The van der Waals surface area contributed by atoms with Gasteiger partial charge in [0.05, 0.1) is 31.9 Å². The lowest BCUT2D eigenvalue weighted by Crippen LogP contribution is -2.45. The van der Waals surface area contributed by atoms with E-state index in [0.29, 0.717) is 24.1 Å². The second kappa shape index (κ2) is 8.41. The summed E-state index contributed by atoms with van der Waals surface area (Å²) in [6.45, 7) is 1.47. The van der Waals surface area contributed by atoms with E-state index in [1.54, 1.807) is 18.6 Å². The third-order valence-electron chi connectivity index (χ3n) is 6.60. The number of benzene rings is 1. The first-order chi connectivity index (χ1) is 16.8. The molecule has 0 saturated heterocycles. The van der Waals surface area contributed by atoms with E-state index in [1.165, 1.54) is 21.1 Å². The molecule has 3 heterocycles. The molecule has 1 spiro atoms. The standard InChI is InChI=1S/C26H23F2N3O4/c1-14(32)6-15-7-16(11-29-10-15)19-8-18-17(12-30-19)13-31(25(33)26(18)4-5-26)24-22(27)20(34-2)9-21(35-3)23(24)28/h7-12H,4-6,13H2,1-3H3. The van der Waals surface area contributed by atoms with Gasteiger partial charge < -0.3 is 14.4 Å². The van der Waals surface area contributed by atoms with Crippen molar-refractivity contribution in [2.45, 2.75) is 38.1 Å². The molecule has 5 rings (SSSR count). The molecule has 2 aromatic heterocycles. The van der Waals surface area contributed by atoms with Crippen LogP contribution in [0.2, 0.25) is 0 Å².